The van der Waals surface area contributed by atoms with E-state index in [1.807, 2.05) is 0 Å². The Morgan fingerprint density at radius 3 is 2.03 bits per heavy atom. The van der Waals surface area contributed by atoms with Crippen LogP contribution in [-0.4, -0.2) is 20.3 Å². The molecule has 0 unspecified atom stereocenters. The smallest absolute Gasteiger partial charge is 0.320 e. The summed E-state index contributed by atoms with van der Waals surface area (Å²) in [5, 5.41) is 6.55. The third kappa shape index (κ3) is 4.80. The van der Waals surface area contributed by atoms with Crippen molar-refractivity contribution >= 4 is 11.6 Å². The standard InChI is InChI=1S/C24H17F3N4O3/c25-24(26,27)17-13-11-16(12-14-17)15-30-22(33)20(21(32)28-18-7-3-1-4-8-18)29-31(23(30)34)19-9-5-2-6-10-19/h1-14H,15H2,(H,28,32). The van der Waals surface area contributed by atoms with Gasteiger partial charge in [0.1, 0.15) is 0 Å². The van der Waals surface area contributed by atoms with Crippen molar-refractivity contribution in [2.24, 2.45) is 0 Å². The van der Waals surface area contributed by atoms with Gasteiger partial charge in [0.2, 0.25) is 5.69 Å². The van der Waals surface area contributed by atoms with Crippen molar-refractivity contribution < 1.29 is 18.0 Å². The van der Waals surface area contributed by atoms with Crippen molar-refractivity contribution in [3.8, 4) is 5.69 Å². The topological polar surface area (TPSA) is 86.0 Å². The lowest BCUT2D eigenvalue weighted by Crippen LogP contribution is -2.45. The Morgan fingerprint density at radius 1 is 0.853 bits per heavy atom. The van der Waals surface area contributed by atoms with Crippen LogP contribution in [0.4, 0.5) is 18.9 Å². The maximum absolute atomic E-state index is 13.1. The molecule has 0 radical (unpaired) electrons. The number of nitrogens with zero attached hydrogens (tertiary/aromatic N) is 3. The van der Waals surface area contributed by atoms with Gasteiger partial charge >= 0.3 is 11.9 Å². The van der Waals surface area contributed by atoms with Crippen molar-refractivity contribution in [2.75, 3.05) is 5.32 Å². The maximum atomic E-state index is 13.1. The number of alkyl halides is 3. The molecule has 1 heterocycles. The van der Waals surface area contributed by atoms with E-state index < -0.39 is 34.6 Å². The van der Waals surface area contributed by atoms with Crippen LogP contribution >= 0.6 is 0 Å². The quantitative estimate of drug-likeness (QED) is 0.486. The number of anilines is 1. The number of nitrogens with one attached hydrogen (secondary N) is 1. The number of carbonyl (C=O) groups excluding carboxylic acids is 1. The Balaban J connectivity index is 1.80. The maximum Gasteiger partial charge on any atom is 0.416 e. The Labute approximate surface area is 190 Å². The van der Waals surface area contributed by atoms with Crippen LogP contribution in [0, 0.1) is 0 Å². The van der Waals surface area contributed by atoms with Gasteiger partial charge in [-0.1, -0.05) is 48.5 Å². The molecule has 1 N–H and O–H groups in total. The first-order valence-electron chi connectivity index (χ1n) is 10.1. The third-order valence-electron chi connectivity index (χ3n) is 4.93. The lowest BCUT2D eigenvalue weighted by atomic mass is 10.1. The van der Waals surface area contributed by atoms with E-state index in [1.165, 1.54) is 12.1 Å². The summed E-state index contributed by atoms with van der Waals surface area (Å²) in [7, 11) is 0. The normalized spacial score (nSPS) is 11.3. The van der Waals surface area contributed by atoms with Gasteiger partial charge in [-0.15, -0.1) is 0 Å². The SMILES string of the molecule is O=C(Nc1ccccc1)c1nn(-c2ccccc2)c(=O)n(Cc2ccc(C(F)(F)F)cc2)c1=O. The molecule has 172 valence electrons. The van der Waals surface area contributed by atoms with Gasteiger partial charge in [-0.2, -0.15) is 23.0 Å². The molecule has 0 atom stereocenters. The summed E-state index contributed by atoms with van der Waals surface area (Å²) in [5.74, 6) is -0.831. The predicted molar refractivity (Wildman–Crippen MR) is 119 cm³/mol. The van der Waals surface area contributed by atoms with Crippen LogP contribution in [0.15, 0.2) is 94.5 Å². The summed E-state index contributed by atoms with van der Waals surface area (Å²) < 4.78 is 40.3. The van der Waals surface area contributed by atoms with E-state index in [2.05, 4.69) is 10.4 Å². The molecule has 1 amide bonds. The molecule has 0 saturated carbocycles. The highest BCUT2D eigenvalue weighted by Gasteiger charge is 2.30. The molecule has 4 rings (SSSR count). The monoisotopic (exact) mass is 466 g/mol. The van der Waals surface area contributed by atoms with Crippen molar-refractivity contribution in [3.05, 3.63) is 123 Å². The molecular weight excluding hydrogens is 449 g/mol. The minimum atomic E-state index is -4.52. The molecule has 0 fully saturated rings. The number of hydrogen-bond acceptors (Lipinski definition) is 4. The molecule has 0 bridgehead atoms. The fourth-order valence-electron chi connectivity index (χ4n) is 3.23. The highest BCUT2D eigenvalue weighted by atomic mass is 19.4. The molecule has 4 aromatic rings. The Hall–Kier alpha value is -4.47. The highest BCUT2D eigenvalue weighted by Crippen LogP contribution is 2.29. The summed E-state index contributed by atoms with van der Waals surface area (Å²) >= 11 is 0. The van der Waals surface area contributed by atoms with Gasteiger partial charge in [0.05, 0.1) is 17.8 Å². The Bertz CT molecular complexity index is 1430. The van der Waals surface area contributed by atoms with Gasteiger partial charge in [0.15, 0.2) is 0 Å². The average molecular weight is 466 g/mol. The zero-order chi connectivity index (χ0) is 24.3. The van der Waals surface area contributed by atoms with E-state index >= 15 is 0 Å². The molecule has 0 aliphatic heterocycles. The minimum absolute atomic E-state index is 0.271. The molecule has 10 heteroatoms. The van der Waals surface area contributed by atoms with Gasteiger partial charge < -0.3 is 5.32 Å². The van der Waals surface area contributed by atoms with Crippen molar-refractivity contribution in [3.63, 3.8) is 0 Å². The summed E-state index contributed by atoms with van der Waals surface area (Å²) in [6.07, 6.45) is -4.52. The summed E-state index contributed by atoms with van der Waals surface area (Å²) in [6.45, 7) is -0.350. The van der Waals surface area contributed by atoms with Crippen molar-refractivity contribution in [2.45, 2.75) is 12.7 Å². The molecule has 0 aliphatic carbocycles. The highest BCUT2D eigenvalue weighted by molar-refractivity contribution is 6.02. The van der Waals surface area contributed by atoms with Gasteiger partial charge in [0, 0.05) is 5.69 Å². The number of aromatic nitrogens is 3. The fourth-order valence-corrected chi connectivity index (χ4v) is 3.23. The fraction of sp³-hybridized carbons (Fsp3) is 0.0833. The van der Waals surface area contributed by atoms with Gasteiger partial charge in [-0.25, -0.2) is 4.79 Å². The van der Waals surface area contributed by atoms with Crippen LogP contribution < -0.4 is 16.6 Å². The molecule has 3 aromatic carbocycles. The third-order valence-corrected chi connectivity index (χ3v) is 4.93. The zero-order valence-electron chi connectivity index (χ0n) is 17.5. The van der Waals surface area contributed by atoms with E-state index in [-0.39, 0.29) is 12.1 Å². The van der Waals surface area contributed by atoms with Crippen molar-refractivity contribution in [1.29, 1.82) is 0 Å². The van der Waals surface area contributed by atoms with Crippen molar-refractivity contribution in [1.82, 2.24) is 14.3 Å². The van der Waals surface area contributed by atoms with Crippen LogP contribution in [0.5, 0.6) is 0 Å². The number of carbonyl (C=O) groups is 1. The Kier molecular flexibility index (Phi) is 6.13. The van der Waals surface area contributed by atoms with E-state index in [0.717, 1.165) is 21.4 Å². The molecular formula is C24H17F3N4O3. The van der Waals surface area contributed by atoms with Crippen LogP contribution in [0.25, 0.3) is 5.69 Å². The Morgan fingerprint density at radius 2 is 1.44 bits per heavy atom. The lowest BCUT2D eigenvalue weighted by molar-refractivity contribution is -0.137. The summed E-state index contributed by atoms with van der Waals surface area (Å²) in [4.78, 5) is 39.0. The molecule has 7 nitrogen and oxygen atoms in total. The zero-order valence-corrected chi connectivity index (χ0v) is 17.5. The first kappa shape index (κ1) is 22.7. The summed E-state index contributed by atoms with van der Waals surface area (Å²) in [5.41, 5.74) is -2.21. The lowest BCUT2D eigenvalue weighted by Gasteiger charge is -2.13. The minimum Gasteiger partial charge on any atom is -0.320 e. The molecule has 0 saturated heterocycles. The first-order valence-corrected chi connectivity index (χ1v) is 10.1. The largest absolute Gasteiger partial charge is 0.416 e. The van der Waals surface area contributed by atoms with Crippen LogP contribution in [0.3, 0.4) is 0 Å². The number of para-hydroxylation sites is 2. The number of benzene rings is 3. The second-order valence-corrected chi connectivity index (χ2v) is 7.28. The van der Waals surface area contributed by atoms with Gasteiger partial charge in [-0.3, -0.25) is 14.2 Å². The van der Waals surface area contributed by atoms with Crippen LogP contribution in [-0.2, 0) is 12.7 Å². The van der Waals surface area contributed by atoms with E-state index in [9.17, 15) is 27.6 Å². The molecule has 0 spiro atoms. The van der Waals surface area contributed by atoms with Crippen LogP contribution in [0.1, 0.15) is 21.6 Å². The first-order chi connectivity index (χ1) is 16.2. The number of rotatable bonds is 5. The summed E-state index contributed by atoms with van der Waals surface area (Å²) in [6, 6.07) is 20.6. The molecule has 34 heavy (non-hydrogen) atoms. The predicted octanol–water partition coefficient (Wildman–Crippen LogP) is 3.71. The second kappa shape index (κ2) is 9.18. The van der Waals surface area contributed by atoms with Gasteiger partial charge in [-0.05, 0) is 42.0 Å². The second-order valence-electron chi connectivity index (χ2n) is 7.28. The van der Waals surface area contributed by atoms with E-state index in [4.69, 9.17) is 0 Å². The van der Waals surface area contributed by atoms with Crippen LogP contribution in [0.2, 0.25) is 0 Å². The average Bonchev–Trinajstić information content (AvgIpc) is 2.83. The van der Waals surface area contributed by atoms with E-state index in [0.29, 0.717) is 11.4 Å². The van der Waals surface area contributed by atoms with E-state index in [1.54, 1.807) is 60.7 Å². The number of amides is 1. The molecule has 0 aliphatic rings. The van der Waals surface area contributed by atoms with Gasteiger partial charge in [0.25, 0.3) is 11.5 Å². The number of halogens is 3. The number of hydrogen-bond donors (Lipinski definition) is 1. The molecule has 1 aromatic heterocycles.